The van der Waals surface area contributed by atoms with Crippen LogP contribution in [-0.2, 0) is 13.3 Å². The third kappa shape index (κ3) is 8.14. The van der Waals surface area contributed by atoms with Gasteiger partial charge in [-0.2, -0.15) is 0 Å². The van der Waals surface area contributed by atoms with Gasteiger partial charge in [0.1, 0.15) is 0 Å². The largest absolute Gasteiger partial charge is 0.500 e. The quantitative estimate of drug-likeness (QED) is 0.320. The third-order valence-corrected chi connectivity index (χ3v) is 5.63. The topological polar surface area (TPSA) is 77.8 Å². The fraction of sp³-hybridized carbons (Fsp3) is 1.00. The Hall–Kier alpha value is -0.0231. The summed E-state index contributed by atoms with van der Waals surface area (Å²) >= 11 is 0. The predicted molar refractivity (Wildman–Crippen MR) is 75.6 cm³/mol. The van der Waals surface area contributed by atoms with Crippen molar-refractivity contribution in [2.45, 2.75) is 18.9 Å². The van der Waals surface area contributed by atoms with Crippen molar-refractivity contribution >= 4 is 8.80 Å². The third-order valence-electron chi connectivity index (χ3n) is 2.80. The molecule has 110 valence electrons. The van der Waals surface area contributed by atoms with Crippen molar-refractivity contribution in [3.05, 3.63) is 0 Å². The van der Waals surface area contributed by atoms with E-state index in [1.165, 1.54) is 0 Å². The maximum atomic E-state index is 5.38. The Morgan fingerprint density at radius 3 is 1.83 bits per heavy atom. The van der Waals surface area contributed by atoms with Gasteiger partial charge < -0.3 is 29.6 Å². The lowest BCUT2D eigenvalue weighted by Gasteiger charge is -2.24. The van der Waals surface area contributed by atoms with Crippen molar-refractivity contribution in [1.29, 1.82) is 0 Å². The van der Waals surface area contributed by atoms with Gasteiger partial charge >= 0.3 is 8.80 Å². The molecule has 0 fully saturated rings. The van der Waals surface area contributed by atoms with E-state index >= 15 is 0 Å². The van der Waals surface area contributed by atoms with E-state index in [9.17, 15) is 0 Å². The van der Waals surface area contributed by atoms with Crippen molar-refractivity contribution in [2.24, 2.45) is 5.73 Å². The number of rotatable bonds is 13. The molecule has 0 bridgehead atoms. The van der Waals surface area contributed by atoms with Gasteiger partial charge in [-0.3, -0.25) is 0 Å². The normalized spacial score (nSPS) is 12.0. The molecule has 0 saturated heterocycles. The molecule has 0 heterocycles. The second-order valence-corrected chi connectivity index (χ2v) is 7.13. The number of nitrogens with one attached hydrogen (secondary N) is 2. The van der Waals surface area contributed by atoms with Gasteiger partial charge in [-0.1, -0.05) is 0 Å². The van der Waals surface area contributed by atoms with E-state index in [-0.39, 0.29) is 0 Å². The second-order valence-electron chi connectivity index (χ2n) is 4.04. The summed E-state index contributed by atoms with van der Waals surface area (Å²) in [7, 11) is 2.58. The predicted octanol–water partition coefficient (Wildman–Crippen LogP) is -0.217. The van der Waals surface area contributed by atoms with E-state index in [4.69, 9.17) is 19.0 Å². The summed E-state index contributed by atoms with van der Waals surface area (Å²) in [5, 5.41) is 6.65. The average molecular weight is 279 g/mol. The fourth-order valence-corrected chi connectivity index (χ4v) is 3.40. The maximum Gasteiger partial charge on any atom is 0.500 e. The molecule has 4 N–H and O–H groups in total. The Labute approximate surface area is 112 Å². The second kappa shape index (κ2) is 12.0. The summed E-state index contributed by atoms with van der Waals surface area (Å²) in [6.07, 6.45) is 2.11. The monoisotopic (exact) mass is 279 g/mol. The van der Waals surface area contributed by atoms with Crippen LogP contribution in [0.25, 0.3) is 0 Å². The summed E-state index contributed by atoms with van der Waals surface area (Å²) in [6.45, 7) is 4.58. The molecule has 7 heteroatoms. The van der Waals surface area contributed by atoms with E-state index in [1.54, 1.807) is 21.3 Å². The van der Waals surface area contributed by atoms with Crippen LogP contribution in [0.15, 0.2) is 0 Å². The first-order valence-corrected chi connectivity index (χ1v) is 8.44. The summed E-state index contributed by atoms with van der Waals surface area (Å²) in [6, 6.07) is 0.842. The molecule has 0 aromatic heterocycles. The van der Waals surface area contributed by atoms with Crippen LogP contribution < -0.4 is 16.4 Å². The zero-order valence-electron chi connectivity index (χ0n) is 12.0. The molecular weight excluding hydrogens is 250 g/mol. The van der Waals surface area contributed by atoms with Gasteiger partial charge in [0.25, 0.3) is 0 Å². The molecule has 0 rings (SSSR count). The van der Waals surface area contributed by atoms with E-state index in [0.29, 0.717) is 6.54 Å². The lowest BCUT2D eigenvalue weighted by Crippen LogP contribution is -2.43. The van der Waals surface area contributed by atoms with Crippen LogP contribution >= 0.6 is 0 Å². The van der Waals surface area contributed by atoms with Gasteiger partial charge in [0, 0.05) is 40.5 Å². The maximum absolute atomic E-state index is 5.38. The molecule has 0 aliphatic carbocycles. The lowest BCUT2D eigenvalue weighted by molar-refractivity contribution is 0.123. The van der Waals surface area contributed by atoms with Gasteiger partial charge in [-0.05, 0) is 32.5 Å². The Bertz CT molecular complexity index is 175. The minimum absolute atomic E-state index is 0.700. The van der Waals surface area contributed by atoms with Crippen LogP contribution in [0, 0.1) is 0 Å². The minimum Gasteiger partial charge on any atom is -0.377 e. The first-order valence-electron chi connectivity index (χ1n) is 6.51. The Kier molecular flexibility index (Phi) is 12.0. The minimum atomic E-state index is -2.37. The van der Waals surface area contributed by atoms with Crippen LogP contribution in [0.1, 0.15) is 12.8 Å². The summed E-state index contributed by atoms with van der Waals surface area (Å²) < 4.78 is 16.1. The SMILES string of the molecule is CO[Si](CCCNCCCNCCN)(OC)OC. The highest BCUT2D eigenvalue weighted by Crippen LogP contribution is 2.14. The van der Waals surface area contributed by atoms with Crippen molar-refractivity contribution in [1.82, 2.24) is 10.6 Å². The standard InChI is InChI=1S/C11H29N3O3Si/c1-15-18(16-2,17-3)11-5-9-13-7-4-8-14-10-6-12/h13-14H,4-12H2,1-3H3. The van der Waals surface area contributed by atoms with Gasteiger partial charge in [0.2, 0.25) is 0 Å². The molecule has 0 radical (unpaired) electrons. The lowest BCUT2D eigenvalue weighted by atomic mass is 10.4. The summed E-state index contributed by atoms with van der Waals surface area (Å²) in [5.74, 6) is 0. The van der Waals surface area contributed by atoms with E-state index < -0.39 is 8.80 Å². The van der Waals surface area contributed by atoms with E-state index in [2.05, 4.69) is 10.6 Å². The van der Waals surface area contributed by atoms with Crippen molar-refractivity contribution in [2.75, 3.05) is 54.1 Å². The van der Waals surface area contributed by atoms with Crippen molar-refractivity contribution in [3.63, 3.8) is 0 Å². The molecule has 0 atom stereocenters. The molecule has 0 aliphatic rings. The molecular formula is C11H29N3O3Si. The Balaban J connectivity index is 3.38. The fourth-order valence-electron chi connectivity index (χ4n) is 1.68. The zero-order valence-corrected chi connectivity index (χ0v) is 13.0. The Morgan fingerprint density at radius 2 is 1.33 bits per heavy atom. The summed E-state index contributed by atoms with van der Waals surface area (Å²) in [4.78, 5) is 0. The van der Waals surface area contributed by atoms with Crippen LogP contribution in [-0.4, -0.2) is 62.9 Å². The molecule has 0 aromatic carbocycles. The molecule has 0 spiro atoms. The highest BCUT2D eigenvalue weighted by Gasteiger charge is 2.36. The van der Waals surface area contributed by atoms with Crippen LogP contribution in [0.4, 0.5) is 0 Å². The molecule has 0 amide bonds. The van der Waals surface area contributed by atoms with Crippen molar-refractivity contribution < 1.29 is 13.3 Å². The summed E-state index contributed by atoms with van der Waals surface area (Å²) in [5.41, 5.74) is 5.38. The average Bonchev–Trinajstić information content (AvgIpc) is 2.42. The first kappa shape index (κ1) is 18.0. The first-order chi connectivity index (χ1) is 8.74. The van der Waals surface area contributed by atoms with Crippen molar-refractivity contribution in [3.8, 4) is 0 Å². The number of hydrogen-bond donors (Lipinski definition) is 3. The van der Waals surface area contributed by atoms with E-state index in [0.717, 1.165) is 45.1 Å². The number of nitrogens with two attached hydrogens (primary N) is 1. The smallest absolute Gasteiger partial charge is 0.377 e. The molecule has 6 nitrogen and oxygen atoms in total. The zero-order chi connectivity index (χ0) is 13.7. The van der Waals surface area contributed by atoms with Crippen LogP contribution in [0.5, 0.6) is 0 Å². The van der Waals surface area contributed by atoms with Gasteiger partial charge in [-0.25, -0.2) is 0 Å². The molecule has 0 aliphatic heterocycles. The van der Waals surface area contributed by atoms with Gasteiger partial charge in [-0.15, -0.1) is 0 Å². The molecule has 0 aromatic rings. The number of hydrogen-bond acceptors (Lipinski definition) is 6. The molecule has 0 unspecified atom stereocenters. The highest BCUT2D eigenvalue weighted by molar-refractivity contribution is 6.60. The van der Waals surface area contributed by atoms with Gasteiger partial charge in [0.15, 0.2) is 0 Å². The van der Waals surface area contributed by atoms with Crippen LogP contribution in [0.2, 0.25) is 6.04 Å². The molecule has 0 saturated carbocycles. The molecule has 18 heavy (non-hydrogen) atoms. The Morgan fingerprint density at radius 1 is 0.833 bits per heavy atom. The van der Waals surface area contributed by atoms with E-state index in [1.807, 2.05) is 0 Å². The van der Waals surface area contributed by atoms with Crippen LogP contribution in [0.3, 0.4) is 0 Å². The highest BCUT2D eigenvalue weighted by atomic mass is 28.4. The van der Waals surface area contributed by atoms with Gasteiger partial charge in [0.05, 0.1) is 0 Å².